The van der Waals surface area contributed by atoms with Crippen LogP contribution in [0, 0.1) is 0 Å². The van der Waals surface area contributed by atoms with Gasteiger partial charge in [-0.05, 0) is 17.9 Å². The molecule has 2 N–H and O–H groups in total. The molecule has 0 amide bonds. The maximum Gasteiger partial charge on any atom is 0.191 e. The van der Waals surface area contributed by atoms with Crippen LogP contribution in [0.2, 0.25) is 0 Å². The van der Waals surface area contributed by atoms with E-state index in [1.165, 1.54) is 4.88 Å². The largest absolute Gasteiger partial charge is 0.382 e. The van der Waals surface area contributed by atoms with E-state index in [-0.39, 0.29) is 24.0 Å². The zero-order chi connectivity index (χ0) is 13.8. The topological polar surface area (TPSA) is 54.9 Å². The number of thiophene rings is 1. The van der Waals surface area contributed by atoms with E-state index in [1.54, 1.807) is 25.5 Å². The Hall–Kier alpha value is -0.380. The number of hydrogen-bond donors (Lipinski definition) is 2. The van der Waals surface area contributed by atoms with Crippen LogP contribution in [0.25, 0.3) is 0 Å². The SMILES string of the molecule is CN=C(NCCOCCOC)NCCc1cccs1.I. The lowest BCUT2D eigenvalue weighted by Gasteiger charge is -2.11. The first-order chi connectivity index (χ1) is 9.36. The number of rotatable bonds is 9. The lowest BCUT2D eigenvalue weighted by molar-refractivity contribution is 0.0733. The summed E-state index contributed by atoms with van der Waals surface area (Å²) in [5.74, 6) is 0.812. The van der Waals surface area contributed by atoms with Crippen LogP contribution in [0.1, 0.15) is 4.88 Å². The van der Waals surface area contributed by atoms with Crippen molar-refractivity contribution in [2.45, 2.75) is 6.42 Å². The number of halogens is 1. The third kappa shape index (κ3) is 9.51. The monoisotopic (exact) mass is 413 g/mol. The zero-order valence-electron chi connectivity index (χ0n) is 12.1. The van der Waals surface area contributed by atoms with E-state index < -0.39 is 0 Å². The lowest BCUT2D eigenvalue weighted by atomic mass is 10.3. The van der Waals surface area contributed by atoms with Gasteiger partial charge < -0.3 is 20.1 Å². The number of guanidine groups is 1. The second kappa shape index (κ2) is 13.6. The van der Waals surface area contributed by atoms with Gasteiger partial charge in [0.2, 0.25) is 0 Å². The smallest absolute Gasteiger partial charge is 0.191 e. The average molecular weight is 413 g/mol. The molecule has 1 heterocycles. The minimum atomic E-state index is 0. The molecule has 0 aromatic carbocycles. The first kappa shape index (κ1) is 19.6. The molecule has 0 saturated carbocycles. The Labute approximate surface area is 142 Å². The van der Waals surface area contributed by atoms with Gasteiger partial charge >= 0.3 is 0 Å². The fourth-order valence-corrected chi connectivity index (χ4v) is 2.17. The van der Waals surface area contributed by atoms with Crippen molar-refractivity contribution in [3.05, 3.63) is 22.4 Å². The van der Waals surface area contributed by atoms with Gasteiger partial charge in [0.25, 0.3) is 0 Å². The number of hydrogen-bond acceptors (Lipinski definition) is 4. The third-order valence-corrected chi connectivity index (χ3v) is 3.37. The molecule has 0 radical (unpaired) electrons. The number of aliphatic imine (C=N–C) groups is 1. The molecule has 0 atom stereocenters. The van der Waals surface area contributed by atoms with Crippen LogP contribution >= 0.6 is 35.3 Å². The molecule has 0 aliphatic carbocycles. The van der Waals surface area contributed by atoms with Gasteiger partial charge in [0.15, 0.2) is 5.96 Å². The highest BCUT2D eigenvalue weighted by Gasteiger charge is 1.98. The molecule has 0 fully saturated rings. The molecule has 0 aliphatic rings. The van der Waals surface area contributed by atoms with E-state index in [0.29, 0.717) is 19.8 Å². The van der Waals surface area contributed by atoms with Crippen LogP contribution < -0.4 is 10.6 Å². The number of nitrogens with one attached hydrogen (secondary N) is 2. The second-order valence-electron chi connectivity index (χ2n) is 3.86. The maximum atomic E-state index is 5.36. The van der Waals surface area contributed by atoms with Crippen molar-refractivity contribution in [2.24, 2.45) is 4.99 Å². The summed E-state index contributed by atoms with van der Waals surface area (Å²) < 4.78 is 10.3. The van der Waals surface area contributed by atoms with Crippen molar-refractivity contribution in [3.8, 4) is 0 Å². The summed E-state index contributed by atoms with van der Waals surface area (Å²) in [5.41, 5.74) is 0. The highest BCUT2D eigenvalue weighted by Crippen LogP contribution is 2.07. The Bertz CT molecular complexity index is 347. The average Bonchev–Trinajstić information content (AvgIpc) is 2.93. The lowest BCUT2D eigenvalue weighted by Crippen LogP contribution is -2.39. The first-order valence-electron chi connectivity index (χ1n) is 6.40. The maximum absolute atomic E-state index is 5.36. The Morgan fingerprint density at radius 1 is 1.25 bits per heavy atom. The van der Waals surface area contributed by atoms with Crippen molar-refractivity contribution in [2.75, 3.05) is 47.1 Å². The molecular weight excluding hydrogens is 389 g/mol. The summed E-state index contributed by atoms with van der Waals surface area (Å²) in [6, 6.07) is 4.22. The minimum Gasteiger partial charge on any atom is -0.382 e. The van der Waals surface area contributed by atoms with Gasteiger partial charge in [-0.25, -0.2) is 0 Å². The summed E-state index contributed by atoms with van der Waals surface area (Å²) in [6.45, 7) is 3.53. The minimum absolute atomic E-state index is 0. The van der Waals surface area contributed by atoms with Gasteiger partial charge in [0, 0.05) is 32.1 Å². The van der Waals surface area contributed by atoms with Gasteiger partial charge in [-0.15, -0.1) is 35.3 Å². The molecule has 1 aromatic rings. The molecule has 20 heavy (non-hydrogen) atoms. The standard InChI is InChI=1S/C13H23N3O2S.HI/c1-14-13(16-7-8-18-10-9-17-2)15-6-5-12-4-3-11-19-12;/h3-4,11H,5-10H2,1-2H3,(H2,14,15,16);1H. The van der Waals surface area contributed by atoms with Gasteiger partial charge in [-0.3, -0.25) is 4.99 Å². The van der Waals surface area contributed by atoms with Crippen LogP contribution in [0.3, 0.4) is 0 Å². The summed E-state index contributed by atoms with van der Waals surface area (Å²) in [7, 11) is 3.44. The molecule has 5 nitrogen and oxygen atoms in total. The number of nitrogens with zero attached hydrogens (tertiary/aromatic N) is 1. The predicted molar refractivity (Wildman–Crippen MR) is 95.5 cm³/mol. The Kier molecular flexibility index (Phi) is 13.3. The van der Waals surface area contributed by atoms with Crippen LogP contribution in [0.5, 0.6) is 0 Å². The second-order valence-corrected chi connectivity index (χ2v) is 4.89. The molecule has 7 heteroatoms. The van der Waals surface area contributed by atoms with Gasteiger partial charge in [-0.2, -0.15) is 0 Å². The Morgan fingerprint density at radius 2 is 2.05 bits per heavy atom. The van der Waals surface area contributed by atoms with Crippen LogP contribution in [0.4, 0.5) is 0 Å². The van der Waals surface area contributed by atoms with Gasteiger partial charge in [0.1, 0.15) is 0 Å². The third-order valence-electron chi connectivity index (χ3n) is 2.44. The fourth-order valence-electron chi connectivity index (χ4n) is 1.47. The van der Waals surface area contributed by atoms with E-state index in [4.69, 9.17) is 9.47 Å². The highest BCUT2D eigenvalue weighted by molar-refractivity contribution is 14.0. The van der Waals surface area contributed by atoms with Crippen LogP contribution in [0.15, 0.2) is 22.5 Å². The molecule has 1 rings (SSSR count). The molecule has 0 saturated heterocycles. The van der Waals surface area contributed by atoms with E-state index in [9.17, 15) is 0 Å². The molecule has 1 aromatic heterocycles. The molecule has 0 aliphatic heterocycles. The molecule has 0 unspecified atom stereocenters. The van der Waals surface area contributed by atoms with Gasteiger partial charge in [-0.1, -0.05) is 6.07 Å². The Balaban J connectivity index is 0.00000361. The number of ether oxygens (including phenoxy) is 2. The summed E-state index contributed by atoms with van der Waals surface area (Å²) in [4.78, 5) is 5.54. The van der Waals surface area contributed by atoms with Crippen molar-refractivity contribution in [3.63, 3.8) is 0 Å². The molecule has 0 spiro atoms. The molecule has 0 bridgehead atoms. The van der Waals surface area contributed by atoms with Crippen LogP contribution in [-0.4, -0.2) is 53.0 Å². The predicted octanol–water partition coefficient (Wildman–Crippen LogP) is 1.74. The van der Waals surface area contributed by atoms with E-state index in [1.807, 2.05) is 0 Å². The fraction of sp³-hybridized carbons (Fsp3) is 0.615. The first-order valence-corrected chi connectivity index (χ1v) is 7.28. The Morgan fingerprint density at radius 3 is 2.70 bits per heavy atom. The quantitative estimate of drug-likeness (QED) is 0.280. The zero-order valence-corrected chi connectivity index (χ0v) is 15.2. The summed E-state index contributed by atoms with van der Waals surface area (Å²) >= 11 is 1.78. The number of methoxy groups -OCH3 is 1. The van der Waals surface area contributed by atoms with E-state index in [2.05, 4.69) is 33.1 Å². The van der Waals surface area contributed by atoms with Crippen LogP contribution in [-0.2, 0) is 15.9 Å². The van der Waals surface area contributed by atoms with Crippen molar-refractivity contribution in [1.29, 1.82) is 0 Å². The van der Waals surface area contributed by atoms with Crippen molar-refractivity contribution < 1.29 is 9.47 Å². The van der Waals surface area contributed by atoms with Crippen molar-refractivity contribution >= 4 is 41.3 Å². The normalized spacial score (nSPS) is 11.0. The molecule has 116 valence electrons. The molecular formula is C13H24IN3O2S. The van der Waals surface area contributed by atoms with E-state index in [0.717, 1.165) is 25.5 Å². The summed E-state index contributed by atoms with van der Waals surface area (Å²) in [5, 5.41) is 8.57. The van der Waals surface area contributed by atoms with Crippen molar-refractivity contribution in [1.82, 2.24) is 10.6 Å². The summed E-state index contributed by atoms with van der Waals surface area (Å²) in [6.07, 6.45) is 1.02. The van der Waals surface area contributed by atoms with E-state index >= 15 is 0 Å². The highest BCUT2D eigenvalue weighted by atomic mass is 127. The van der Waals surface area contributed by atoms with Gasteiger partial charge in [0.05, 0.1) is 19.8 Å².